The number of hydrogen-bond donors (Lipinski definition) is 1. The Kier molecular flexibility index (Phi) is 5.11. The molecule has 0 spiro atoms. The van der Waals surface area contributed by atoms with Crippen molar-refractivity contribution in [1.29, 1.82) is 0 Å². The second-order valence-corrected chi connectivity index (χ2v) is 6.11. The molecule has 24 heavy (non-hydrogen) atoms. The molecule has 1 aliphatic rings. The van der Waals surface area contributed by atoms with Gasteiger partial charge in [0, 0.05) is 6.04 Å². The molecule has 1 unspecified atom stereocenters. The minimum atomic E-state index is -0.157. The maximum Gasteiger partial charge on any atom is 0.238 e. The molecule has 1 aromatic carbocycles. The number of carbonyl (C=O) groups is 1. The molecule has 0 saturated heterocycles. The lowest BCUT2D eigenvalue weighted by Gasteiger charge is -2.27. The van der Waals surface area contributed by atoms with Crippen LogP contribution in [0.3, 0.4) is 0 Å². The van der Waals surface area contributed by atoms with Gasteiger partial charge < -0.3 is 19.2 Å². The number of nitrogens with zero attached hydrogens (tertiary/aromatic N) is 1. The van der Waals surface area contributed by atoms with Gasteiger partial charge in [-0.3, -0.25) is 4.79 Å². The lowest BCUT2D eigenvalue weighted by molar-refractivity contribution is -0.131. The lowest BCUT2D eigenvalue weighted by Crippen LogP contribution is -2.41. The van der Waals surface area contributed by atoms with Gasteiger partial charge in [0.15, 0.2) is 0 Å². The van der Waals surface area contributed by atoms with E-state index in [4.69, 9.17) is 25.9 Å². The average Bonchev–Trinajstić information content (AvgIpc) is 3.24. The highest BCUT2D eigenvalue weighted by Gasteiger charge is 2.32. The molecule has 2 aromatic rings. The van der Waals surface area contributed by atoms with Crippen LogP contribution in [-0.4, -0.2) is 34.9 Å². The zero-order valence-electron chi connectivity index (χ0n) is 13.5. The Labute approximate surface area is 145 Å². The molecule has 5 nitrogen and oxygen atoms in total. The second kappa shape index (κ2) is 7.28. The van der Waals surface area contributed by atoms with Gasteiger partial charge in [-0.1, -0.05) is 12.1 Å². The number of carbonyl (C=O) groups excluding carboxylic acids is 1. The highest BCUT2D eigenvalue weighted by molar-refractivity contribution is 6.27. The predicted octanol–water partition coefficient (Wildman–Crippen LogP) is 2.52. The number of benzene rings is 1. The van der Waals surface area contributed by atoms with Gasteiger partial charge in [-0.25, -0.2) is 0 Å². The number of methoxy groups -OCH3 is 1. The topological polar surface area (TPSA) is 62.9 Å². The Hall–Kier alpha value is -1.98. The minimum Gasteiger partial charge on any atom is -0.496 e. The van der Waals surface area contributed by atoms with E-state index in [0.29, 0.717) is 18.1 Å². The largest absolute Gasteiger partial charge is 0.496 e. The number of rotatable bonds is 6. The third-order valence-corrected chi connectivity index (χ3v) is 4.65. The molecule has 1 atom stereocenters. The number of aliphatic hydroxyl groups excluding tert-OH is 1. The van der Waals surface area contributed by atoms with E-state index >= 15 is 0 Å². The molecule has 6 heteroatoms. The van der Waals surface area contributed by atoms with Crippen molar-refractivity contribution in [3.8, 4) is 5.75 Å². The van der Waals surface area contributed by atoms with Crippen LogP contribution in [0.25, 0.3) is 0 Å². The summed E-state index contributed by atoms with van der Waals surface area (Å²) in [6, 6.07) is 9.49. The summed E-state index contributed by atoms with van der Waals surface area (Å²) in [6.07, 6.45) is 1.50. The van der Waals surface area contributed by atoms with Crippen molar-refractivity contribution in [1.82, 2.24) is 4.90 Å². The van der Waals surface area contributed by atoms with Crippen LogP contribution in [0, 0.1) is 0 Å². The normalized spacial score (nSPS) is 16.0. The first-order chi connectivity index (χ1) is 11.7. The van der Waals surface area contributed by atoms with E-state index in [1.807, 2.05) is 12.1 Å². The number of fused-ring (bicyclic) bond motifs is 1. The van der Waals surface area contributed by atoms with Crippen LogP contribution in [0.1, 0.15) is 22.6 Å². The SMILES string of the molecule is COc1cccc2c1CC(N(Cc1ccc(CO)o1)C(=O)CCl)C2. The predicted molar refractivity (Wildman–Crippen MR) is 90.1 cm³/mol. The standard InChI is InChI=1S/C18H20ClNO4/c1-23-17-4-2-3-12-7-13(8-16(12)17)20(18(22)9-19)10-14-5-6-15(11-21)24-14/h2-6,13,21H,7-11H2,1H3. The summed E-state index contributed by atoms with van der Waals surface area (Å²) in [5, 5.41) is 9.12. The maximum absolute atomic E-state index is 12.4. The number of alkyl halides is 1. The molecule has 0 radical (unpaired) electrons. The van der Waals surface area contributed by atoms with Crippen LogP contribution in [-0.2, 0) is 30.8 Å². The highest BCUT2D eigenvalue weighted by atomic mass is 35.5. The molecule has 0 fully saturated rings. The number of ether oxygens (including phenoxy) is 1. The van der Waals surface area contributed by atoms with E-state index in [-0.39, 0.29) is 24.4 Å². The Bertz CT molecular complexity index is 728. The molecular weight excluding hydrogens is 330 g/mol. The molecule has 1 aromatic heterocycles. The Morgan fingerprint density at radius 3 is 2.79 bits per heavy atom. The number of halogens is 1. The van der Waals surface area contributed by atoms with Gasteiger partial charge in [-0.15, -0.1) is 11.6 Å². The average molecular weight is 350 g/mol. The van der Waals surface area contributed by atoms with Crippen molar-refractivity contribution in [2.75, 3.05) is 13.0 Å². The highest BCUT2D eigenvalue weighted by Crippen LogP contribution is 2.33. The number of amides is 1. The van der Waals surface area contributed by atoms with Crippen LogP contribution < -0.4 is 4.74 Å². The summed E-state index contributed by atoms with van der Waals surface area (Å²) in [5.74, 6) is 1.78. The molecule has 0 bridgehead atoms. The van der Waals surface area contributed by atoms with E-state index in [1.54, 1.807) is 24.1 Å². The first kappa shape index (κ1) is 16.9. The van der Waals surface area contributed by atoms with E-state index in [9.17, 15) is 4.79 Å². The third kappa shape index (κ3) is 3.28. The molecule has 1 heterocycles. The molecule has 0 saturated carbocycles. The summed E-state index contributed by atoms with van der Waals surface area (Å²) in [7, 11) is 1.66. The van der Waals surface area contributed by atoms with Crippen molar-refractivity contribution in [3.63, 3.8) is 0 Å². The summed E-state index contributed by atoms with van der Waals surface area (Å²) >= 11 is 5.81. The maximum atomic E-state index is 12.4. The van der Waals surface area contributed by atoms with Crippen LogP contribution in [0.15, 0.2) is 34.7 Å². The van der Waals surface area contributed by atoms with Crippen LogP contribution in [0.5, 0.6) is 5.75 Å². The second-order valence-electron chi connectivity index (χ2n) is 5.84. The van der Waals surface area contributed by atoms with Crippen LogP contribution in [0.4, 0.5) is 0 Å². The molecular formula is C18H20ClNO4. The number of aliphatic hydroxyl groups is 1. The van der Waals surface area contributed by atoms with Crippen molar-refractivity contribution in [2.24, 2.45) is 0 Å². The van der Waals surface area contributed by atoms with Gasteiger partial charge in [-0.2, -0.15) is 0 Å². The fraction of sp³-hybridized carbons (Fsp3) is 0.389. The van der Waals surface area contributed by atoms with E-state index in [0.717, 1.165) is 24.2 Å². The summed E-state index contributed by atoms with van der Waals surface area (Å²) < 4.78 is 11.0. The van der Waals surface area contributed by atoms with Gasteiger partial charge in [0.05, 0.1) is 13.7 Å². The molecule has 3 rings (SSSR count). The first-order valence-corrected chi connectivity index (χ1v) is 8.38. The van der Waals surface area contributed by atoms with Crippen molar-refractivity contribution in [3.05, 3.63) is 53.0 Å². The summed E-state index contributed by atoms with van der Waals surface area (Å²) in [5.41, 5.74) is 2.34. The third-order valence-electron chi connectivity index (χ3n) is 4.42. The quantitative estimate of drug-likeness (QED) is 0.814. The zero-order valence-corrected chi connectivity index (χ0v) is 14.3. The fourth-order valence-corrected chi connectivity index (χ4v) is 3.42. The number of hydrogen-bond acceptors (Lipinski definition) is 4. The van der Waals surface area contributed by atoms with E-state index in [1.165, 1.54) is 5.56 Å². The Balaban J connectivity index is 1.81. The van der Waals surface area contributed by atoms with Crippen molar-refractivity contribution < 1.29 is 19.1 Å². The van der Waals surface area contributed by atoms with Gasteiger partial charge in [0.1, 0.15) is 29.8 Å². The molecule has 1 N–H and O–H groups in total. The van der Waals surface area contributed by atoms with Gasteiger partial charge >= 0.3 is 0 Å². The molecule has 1 amide bonds. The Morgan fingerprint density at radius 2 is 2.12 bits per heavy atom. The lowest BCUT2D eigenvalue weighted by atomic mass is 10.1. The zero-order chi connectivity index (χ0) is 17.1. The smallest absolute Gasteiger partial charge is 0.238 e. The summed E-state index contributed by atoms with van der Waals surface area (Å²) in [6.45, 7) is 0.183. The van der Waals surface area contributed by atoms with Crippen molar-refractivity contribution >= 4 is 17.5 Å². The Morgan fingerprint density at radius 1 is 1.33 bits per heavy atom. The van der Waals surface area contributed by atoms with Gasteiger partial charge in [0.2, 0.25) is 5.91 Å². The van der Waals surface area contributed by atoms with E-state index in [2.05, 4.69) is 6.07 Å². The van der Waals surface area contributed by atoms with Crippen molar-refractivity contribution in [2.45, 2.75) is 32.0 Å². The molecule has 128 valence electrons. The minimum absolute atomic E-state index is 0.0187. The number of furan rings is 1. The first-order valence-electron chi connectivity index (χ1n) is 7.85. The van der Waals surface area contributed by atoms with Gasteiger partial charge in [-0.05, 0) is 42.2 Å². The molecule has 0 aliphatic heterocycles. The fourth-order valence-electron chi connectivity index (χ4n) is 3.27. The monoisotopic (exact) mass is 349 g/mol. The van der Waals surface area contributed by atoms with Crippen LogP contribution in [0.2, 0.25) is 0 Å². The van der Waals surface area contributed by atoms with E-state index < -0.39 is 0 Å². The van der Waals surface area contributed by atoms with Crippen LogP contribution >= 0.6 is 11.6 Å². The van der Waals surface area contributed by atoms with Gasteiger partial charge in [0.25, 0.3) is 0 Å². The summed E-state index contributed by atoms with van der Waals surface area (Å²) in [4.78, 5) is 14.1. The molecule has 1 aliphatic carbocycles.